The monoisotopic (exact) mass is 328 g/mol. The van der Waals surface area contributed by atoms with E-state index < -0.39 is 22.4 Å². The van der Waals surface area contributed by atoms with Crippen LogP contribution in [0.4, 0.5) is 24.5 Å². The number of nitro benzene ring substituents is 1. The number of anilines is 1. The quantitative estimate of drug-likeness (QED) is 0.692. The van der Waals surface area contributed by atoms with E-state index in [0.29, 0.717) is 18.3 Å². The van der Waals surface area contributed by atoms with E-state index in [1.807, 2.05) is 0 Å². The number of imidazole rings is 1. The molecule has 3 rings (SSSR count). The highest BCUT2D eigenvalue weighted by Gasteiger charge is 2.39. The Balaban J connectivity index is 2.09. The standard InChI is InChI=1S/C13H11F3N4O3/c14-13(15,16)10-3-9(20(21)22)4-11-12(10)23-2-1-19(11)6-8-5-17-7-18-8/h3-5,7H,1-2,6H2,(H,17,18). The SMILES string of the molecule is O=[N+]([O-])c1cc2c(c(C(F)(F)F)c1)OCCN2Cc1cnc[nH]1. The number of rotatable bonds is 3. The van der Waals surface area contributed by atoms with Gasteiger partial charge in [0.05, 0.1) is 35.7 Å². The molecule has 0 bridgehead atoms. The van der Waals surface area contributed by atoms with Gasteiger partial charge < -0.3 is 14.6 Å². The summed E-state index contributed by atoms with van der Waals surface area (Å²) in [6.07, 6.45) is -1.75. The van der Waals surface area contributed by atoms with Gasteiger partial charge >= 0.3 is 6.18 Å². The van der Waals surface area contributed by atoms with E-state index in [9.17, 15) is 23.3 Å². The Morgan fingerprint density at radius 2 is 2.22 bits per heavy atom. The normalized spacial score (nSPS) is 14.3. The number of nitrogens with one attached hydrogen (secondary N) is 1. The number of non-ortho nitro benzene ring substituents is 1. The van der Waals surface area contributed by atoms with Crippen molar-refractivity contribution >= 4 is 11.4 Å². The van der Waals surface area contributed by atoms with Gasteiger partial charge in [-0.2, -0.15) is 13.2 Å². The molecule has 1 aromatic heterocycles. The van der Waals surface area contributed by atoms with Crippen molar-refractivity contribution in [3.8, 4) is 5.75 Å². The first kappa shape index (κ1) is 15.1. The molecule has 2 aromatic rings. The molecular weight excluding hydrogens is 317 g/mol. The molecular formula is C13H11F3N4O3. The summed E-state index contributed by atoms with van der Waals surface area (Å²) in [6.45, 7) is 0.612. The van der Waals surface area contributed by atoms with Crippen LogP contribution in [-0.4, -0.2) is 28.0 Å². The average Bonchev–Trinajstić information content (AvgIpc) is 2.98. The molecule has 0 saturated carbocycles. The number of fused-ring (bicyclic) bond motifs is 1. The highest BCUT2D eigenvalue weighted by atomic mass is 19.4. The summed E-state index contributed by atoms with van der Waals surface area (Å²) in [6, 6.07) is 1.60. The maximum Gasteiger partial charge on any atom is 0.420 e. The predicted octanol–water partition coefficient (Wildman–Crippen LogP) is 2.74. The van der Waals surface area contributed by atoms with Crippen LogP contribution in [0.5, 0.6) is 5.75 Å². The number of ether oxygens (including phenoxy) is 1. The lowest BCUT2D eigenvalue weighted by molar-refractivity contribution is -0.385. The Kier molecular flexibility index (Phi) is 3.58. The van der Waals surface area contributed by atoms with Crippen molar-refractivity contribution in [2.45, 2.75) is 12.7 Å². The smallest absolute Gasteiger partial charge is 0.420 e. The molecule has 0 fully saturated rings. The Bertz CT molecular complexity index is 731. The summed E-state index contributed by atoms with van der Waals surface area (Å²) in [7, 11) is 0. The highest BCUT2D eigenvalue weighted by molar-refractivity contribution is 5.68. The summed E-state index contributed by atoms with van der Waals surface area (Å²) in [5.74, 6) is -0.381. The Morgan fingerprint density at radius 3 is 2.83 bits per heavy atom. The molecule has 0 saturated heterocycles. The van der Waals surface area contributed by atoms with E-state index in [0.717, 1.165) is 6.07 Å². The fourth-order valence-corrected chi connectivity index (χ4v) is 2.42. The minimum atomic E-state index is -4.74. The number of alkyl halides is 3. The summed E-state index contributed by atoms with van der Waals surface area (Å²) in [4.78, 5) is 18.4. The Morgan fingerprint density at radius 1 is 1.43 bits per heavy atom. The zero-order valence-electron chi connectivity index (χ0n) is 11.6. The number of nitrogens with zero attached hydrogens (tertiary/aromatic N) is 3. The van der Waals surface area contributed by atoms with Gasteiger partial charge in [-0.1, -0.05) is 0 Å². The first-order valence-corrected chi connectivity index (χ1v) is 6.61. The second-order valence-electron chi connectivity index (χ2n) is 4.94. The topological polar surface area (TPSA) is 84.3 Å². The van der Waals surface area contributed by atoms with E-state index >= 15 is 0 Å². The molecule has 1 aliphatic heterocycles. The fraction of sp³-hybridized carbons (Fsp3) is 0.308. The largest absolute Gasteiger partial charge is 0.489 e. The molecule has 1 aliphatic rings. The van der Waals surface area contributed by atoms with E-state index in [1.54, 1.807) is 4.90 Å². The van der Waals surface area contributed by atoms with Crippen LogP contribution < -0.4 is 9.64 Å². The second kappa shape index (κ2) is 5.45. The molecule has 0 atom stereocenters. The van der Waals surface area contributed by atoms with Crippen molar-refractivity contribution in [1.82, 2.24) is 9.97 Å². The molecule has 0 radical (unpaired) electrons. The van der Waals surface area contributed by atoms with Crippen molar-refractivity contribution in [2.24, 2.45) is 0 Å². The number of aromatic nitrogens is 2. The minimum absolute atomic E-state index is 0.0485. The number of benzene rings is 1. The summed E-state index contributed by atoms with van der Waals surface area (Å²) < 4.78 is 44.7. The van der Waals surface area contributed by atoms with Crippen LogP contribution in [0.1, 0.15) is 11.3 Å². The van der Waals surface area contributed by atoms with Crippen LogP contribution in [-0.2, 0) is 12.7 Å². The zero-order chi connectivity index (χ0) is 16.6. The Hall–Kier alpha value is -2.78. The van der Waals surface area contributed by atoms with Gasteiger partial charge in [0.2, 0.25) is 0 Å². The van der Waals surface area contributed by atoms with Crippen molar-refractivity contribution in [3.63, 3.8) is 0 Å². The number of aromatic amines is 1. The molecule has 122 valence electrons. The van der Waals surface area contributed by atoms with Gasteiger partial charge in [-0.05, 0) is 0 Å². The zero-order valence-corrected chi connectivity index (χ0v) is 11.6. The number of hydrogen-bond donors (Lipinski definition) is 1. The van der Waals surface area contributed by atoms with Gasteiger partial charge in [0, 0.05) is 18.3 Å². The molecule has 1 N–H and O–H groups in total. The number of nitro groups is 1. The molecule has 0 spiro atoms. The minimum Gasteiger partial charge on any atom is -0.489 e. The third-order valence-corrected chi connectivity index (χ3v) is 3.43. The lowest BCUT2D eigenvalue weighted by atomic mass is 10.1. The first-order chi connectivity index (χ1) is 10.9. The first-order valence-electron chi connectivity index (χ1n) is 6.61. The third-order valence-electron chi connectivity index (χ3n) is 3.43. The maximum atomic E-state index is 13.2. The van der Waals surface area contributed by atoms with Crippen LogP contribution in [0.15, 0.2) is 24.7 Å². The van der Waals surface area contributed by atoms with E-state index in [2.05, 4.69) is 9.97 Å². The van der Waals surface area contributed by atoms with Crippen LogP contribution in [0.25, 0.3) is 0 Å². The molecule has 0 unspecified atom stereocenters. The van der Waals surface area contributed by atoms with E-state index in [4.69, 9.17) is 4.74 Å². The average molecular weight is 328 g/mol. The molecule has 0 amide bonds. The maximum absolute atomic E-state index is 13.2. The van der Waals surface area contributed by atoms with Gasteiger partial charge in [0.25, 0.3) is 5.69 Å². The number of hydrogen-bond acceptors (Lipinski definition) is 5. The van der Waals surface area contributed by atoms with Gasteiger partial charge in [-0.15, -0.1) is 0 Å². The fourth-order valence-electron chi connectivity index (χ4n) is 2.42. The lowest BCUT2D eigenvalue weighted by Gasteiger charge is -2.32. The van der Waals surface area contributed by atoms with E-state index in [1.165, 1.54) is 12.5 Å². The van der Waals surface area contributed by atoms with Gasteiger partial charge in [0.15, 0.2) is 5.75 Å². The molecule has 7 nitrogen and oxygen atoms in total. The lowest BCUT2D eigenvalue weighted by Crippen LogP contribution is -2.33. The number of halogens is 3. The van der Waals surface area contributed by atoms with Crippen LogP contribution >= 0.6 is 0 Å². The molecule has 23 heavy (non-hydrogen) atoms. The van der Waals surface area contributed by atoms with Gasteiger partial charge in [-0.3, -0.25) is 10.1 Å². The number of H-pyrrole nitrogens is 1. The molecule has 10 heteroatoms. The highest BCUT2D eigenvalue weighted by Crippen LogP contribution is 2.46. The van der Waals surface area contributed by atoms with Gasteiger partial charge in [-0.25, -0.2) is 4.98 Å². The predicted molar refractivity (Wildman–Crippen MR) is 73.2 cm³/mol. The molecule has 1 aromatic carbocycles. The van der Waals surface area contributed by atoms with E-state index in [-0.39, 0.29) is 24.6 Å². The molecule has 2 heterocycles. The summed E-state index contributed by atoms with van der Waals surface area (Å²) in [5, 5.41) is 11.0. The van der Waals surface area contributed by atoms with Gasteiger partial charge in [0.1, 0.15) is 12.2 Å². The second-order valence-corrected chi connectivity index (χ2v) is 4.94. The summed E-state index contributed by atoms with van der Waals surface area (Å²) in [5.41, 5.74) is -1.04. The van der Waals surface area contributed by atoms with Crippen LogP contribution in [0.3, 0.4) is 0 Å². The Labute approximate surface area is 127 Å². The molecule has 0 aliphatic carbocycles. The van der Waals surface area contributed by atoms with Crippen molar-refractivity contribution < 1.29 is 22.8 Å². The van der Waals surface area contributed by atoms with Crippen LogP contribution in [0, 0.1) is 10.1 Å². The van der Waals surface area contributed by atoms with Crippen molar-refractivity contribution in [2.75, 3.05) is 18.1 Å². The van der Waals surface area contributed by atoms with Crippen molar-refractivity contribution in [1.29, 1.82) is 0 Å². The third kappa shape index (κ3) is 2.91. The van der Waals surface area contributed by atoms with Crippen molar-refractivity contribution in [3.05, 3.63) is 46.0 Å². The van der Waals surface area contributed by atoms with Crippen LogP contribution in [0.2, 0.25) is 0 Å². The summed E-state index contributed by atoms with van der Waals surface area (Å²) >= 11 is 0.